The number of thiophene rings is 1. The molecule has 0 spiro atoms. The fourth-order valence-electron chi connectivity index (χ4n) is 2.27. The summed E-state index contributed by atoms with van der Waals surface area (Å²) in [7, 11) is -3.64. The second-order valence-corrected chi connectivity index (χ2v) is 9.03. The summed E-state index contributed by atoms with van der Waals surface area (Å²) in [6.07, 6.45) is 3.42. The molecule has 5 nitrogen and oxygen atoms in total. The van der Waals surface area contributed by atoms with Gasteiger partial charge in [0.2, 0.25) is 0 Å². The number of hydrogen-bond donors (Lipinski definition) is 1. The van der Waals surface area contributed by atoms with Gasteiger partial charge in [-0.2, -0.15) is 5.10 Å². The molecule has 0 aliphatic carbocycles. The molecule has 0 saturated heterocycles. The highest BCUT2D eigenvalue weighted by atomic mass is 79.9. The molecular formula is C15H14BrN3O2S2. The van der Waals surface area contributed by atoms with Crippen LogP contribution in [-0.2, 0) is 10.0 Å². The fourth-order valence-corrected chi connectivity index (χ4v) is 5.18. The van der Waals surface area contributed by atoms with E-state index in [-0.39, 0.29) is 0 Å². The number of para-hydroxylation sites is 2. The average Bonchev–Trinajstić information content (AvgIpc) is 3.05. The molecule has 0 aliphatic rings. The molecule has 3 aromatic rings. The Kier molecular flexibility index (Phi) is 4.31. The number of sulfonamides is 1. The highest BCUT2D eigenvalue weighted by molar-refractivity contribution is 9.10. The lowest BCUT2D eigenvalue weighted by atomic mass is 10.3. The number of aryl methyl sites for hydroxylation is 2. The molecule has 0 unspecified atom stereocenters. The van der Waals surface area contributed by atoms with Gasteiger partial charge in [-0.3, -0.25) is 4.72 Å². The average molecular weight is 412 g/mol. The smallest absolute Gasteiger partial charge is 0.263 e. The molecule has 23 heavy (non-hydrogen) atoms. The first kappa shape index (κ1) is 16.2. The Morgan fingerprint density at radius 1 is 1.26 bits per heavy atom. The monoisotopic (exact) mass is 411 g/mol. The van der Waals surface area contributed by atoms with Crippen LogP contribution in [0.2, 0.25) is 0 Å². The molecule has 0 aliphatic heterocycles. The third-order valence-electron chi connectivity index (χ3n) is 3.23. The van der Waals surface area contributed by atoms with Gasteiger partial charge in [0.1, 0.15) is 4.90 Å². The van der Waals surface area contributed by atoms with Gasteiger partial charge >= 0.3 is 0 Å². The number of rotatable bonds is 4. The SMILES string of the molecule is Cc1cc(S(=O)(=O)Nc2ccccc2-n2cc(Br)cn2)c(C)s1. The predicted molar refractivity (Wildman–Crippen MR) is 95.9 cm³/mol. The number of halogens is 1. The summed E-state index contributed by atoms with van der Waals surface area (Å²) in [5.74, 6) is 0. The zero-order valence-corrected chi connectivity index (χ0v) is 15.7. The molecule has 1 aromatic carbocycles. The Labute approximate surface area is 147 Å². The van der Waals surface area contributed by atoms with E-state index >= 15 is 0 Å². The van der Waals surface area contributed by atoms with Crippen molar-refractivity contribution in [2.75, 3.05) is 4.72 Å². The highest BCUT2D eigenvalue weighted by Gasteiger charge is 2.20. The van der Waals surface area contributed by atoms with Gasteiger partial charge < -0.3 is 0 Å². The normalized spacial score (nSPS) is 11.6. The van der Waals surface area contributed by atoms with Gasteiger partial charge in [0.05, 0.1) is 22.0 Å². The minimum absolute atomic E-state index is 0.316. The minimum atomic E-state index is -3.64. The van der Waals surface area contributed by atoms with Crippen LogP contribution in [0.3, 0.4) is 0 Å². The summed E-state index contributed by atoms with van der Waals surface area (Å²) < 4.78 is 30.5. The van der Waals surface area contributed by atoms with Crippen LogP contribution < -0.4 is 4.72 Å². The van der Waals surface area contributed by atoms with E-state index in [1.165, 1.54) is 11.3 Å². The summed E-state index contributed by atoms with van der Waals surface area (Å²) >= 11 is 4.81. The molecule has 8 heteroatoms. The highest BCUT2D eigenvalue weighted by Crippen LogP contribution is 2.29. The van der Waals surface area contributed by atoms with E-state index < -0.39 is 10.0 Å². The van der Waals surface area contributed by atoms with E-state index in [1.54, 1.807) is 35.3 Å². The van der Waals surface area contributed by atoms with E-state index in [0.29, 0.717) is 16.3 Å². The van der Waals surface area contributed by atoms with E-state index in [0.717, 1.165) is 14.2 Å². The zero-order valence-electron chi connectivity index (χ0n) is 12.4. The Morgan fingerprint density at radius 3 is 2.61 bits per heavy atom. The second kappa shape index (κ2) is 6.10. The van der Waals surface area contributed by atoms with Crippen molar-refractivity contribution in [3.63, 3.8) is 0 Å². The van der Waals surface area contributed by atoms with Crippen LogP contribution in [0.15, 0.2) is 52.1 Å². The lowest BCUT2D eigenvalue weighted by Crippen LogP contribution is -2.15. The van der Waals surface area contributed by atoms with Crippen LogP contribution in [-0.4, -0.2) is 18.2 Å². The van der Waals surface area contributed by atoms with Crippen LogP contribution in [0.4, 0.5) is 5.69 Å². The van der Waals surface area contributed by atoms with E-state index in [9.17, 15) is 8.42 Å². The first-order valence-corrected chi connectivity index (χ1v) is 9.85. The van der Waals surface area contributed by atoms with E-state index in [1.807, 2.05) is 26.0 Å². The molecule has 0 atom stereocenters. The topological polar surface area (TPSA) is 64.0 Å². The van der Waals surface area contributed by atoms with Crippen molar-refractivity contribution < 1.29 is 8.42 Å². The molecule has 0 amide bonds. The van der Waals surface area contributed by atoms with Crippen LogP contribution in [0.25, 0.3) is 5.69 Å². The molecule has 0 radical (unpaired) electrons. The maximum Gasteiger partial charge on any atom is 0.263 e. The van der Waals surface area contributed by atoms with Gasteiger partial charge in [0.15, 0.2) is 0 Å². The summed E-state index contributed by atoms with van der Waals surface area (Å²) in [5, 5.41) is 4.21. The van der Waals surface area contributed by atoms with Gasteiger partial charge in [-0.15, -0.1) is 11.3 Å². The van der Waals surface area contributed by atoms with Crippen LogP contribution in [0, 0.1) is 13.8 Å². The third kappa shape index (κ3) is 3.34. The Morgan fingerprint density at radius 2 is 2.00 bits per heavy atom. The number of nitrogens with zero attached hydrogens (tertiary/aromatic N) is 2. The molecule has 3 rings (SSSR count). The predicted octanol–water partition coefficient (Wildman–Crippen LogP) is 4.11. The van der Waals surface area contributed by atoms with Gasteiger partial charge in [0, 0.05) is 16.0 Å². The number of aromatic nitrogens is 2. The lowest BCUT2D eigenvalue weighted by Gasteiger charge is -2.12. The number of nitrogens with one attached hydrogen (secondary N) is 1. The second-order valence-electron chi connectivity index (χ2n) is 5.00. The number of benzene rings is 1. The Hall–Kier alpha value is -1.64. The standard InChI is InChI=1S/C15H14BrN3O2S2/c1-10-7-15(11(2)22-10)23(20,21)18-13-5-3-4-6-14(13)19-9-12(16)8-17-19/h3-9,18H,1-2H3. The van der Waals surface area contributed by atoms with Crippen LogP contribution >= 0.6 is 27.3 Å². The first-order chi connectivity index (χ1) is 10.9. The number of anilines is 1. The summed E-state index contributed by atoms with van der Waals surface area (Å²) in [6.45, 7) is 3.70. The minimum Gasteiger partial charge on any atom is -0.277 e. The number of hydrogen-bond acceptors (Lipinski definition) is 4. The quantitative estimate of drug-likeness (QED) is 0.702. The summed E-state index contributed by atoms with van der Waals surface area (Å²) in [6, 6.07) is 8.84. The van der Waals surface area contributed by atoms with Crippen LogP contribution in [0.5, 0.6) is 0 Å². The maximum atomic E-state index is 12.7. The maximum absolute atomic E-state index is 12.7. The van der Waals surface area contributed by atoms with Crippen LogP contribution in [0.1, 0.15) is 9.75 Å². The Bertz CT molecular complexity index is 961. The van der Waals surface area contributed by atoms with E-state index in [4.69, 9.17) is 0 Å². The largest absolute Gasteiger partial charge is 0.277 e. The lowest BCUT2D eigenvalue weighted by molar-refractivity contribution is 0.601. The molecular weight excluding hydrogens is 398 g/mol. The van der Waals surface area contributed by atoms with Crippen molar-refractivity contribution in [2.45, 2.75) is 18.7 Å². The van der Waals surface area contributed by atoms with Crippen molar-refractivity contribution in [3.05, 3.63) is 57.0 Å². The molecule has 2 heterocycles. The van der Waals surface area contributed by atoms with Crippen molar-refractivity contribution in [1.82, 2.24) is 9.78 Å². The fraction of sp³-hybridized carbons (Fsp3) is 0.133. The van der Waals surface area contributed by atoms with E-state index in [2.05, 4.69) is 25.8 Å². The van der Waals surface area contributed by atoms with Gasteiger partial charge in [-0.25, -0.2) is 13.1 Å². The molecule has 0 bridgehead atoms. The first-order valence-electron chi connectivity index (χ1n) is 6.76. The zero-order chi connectivity index (χ0) is 16.6. The Balaban J connectivity index is 2.02. The summed E-state index contributed by atoms with van der Waals surface area (Å²) in [4.78, 5) is 2.05. The van der Waals surface area contributed by atoms with Crippen molar-refractivity contribution in [1.29, 1.82) is 0 Å². The molecule has 2 aromatic heterocycles. The third-order valence-corrected chi connectivity index (χ3v) is 6.23. The molecule has 0 fully saturated rings. The van der Waals surface area contributed by atoms with Gasteiger partial charge in [-0.05, 0) is 48.0 Å². The van der Waals surface area contributed by atoms with Gasteiger partial charge in [0.25, 0.3) is 10.0 Å². The molecule has 0 saturated carbocycles. The van der Waals surface area contributed by atoms with Crippen molar-refractivity contribution in [2.24, 2.45) is 0 Å². The molecule has 1 N–H and O–H groups in total. The molecule has 120 valence electrons. The van der Waals surface area contributed by atoms with Crippen molar-refractivity contribution in [3.8, 4) is 5.69 Å². The van der Waals surface area contributed by atoms with Crippen molar-refractivity contribution >= 4 is 43.0 Å². The van der Waals surface area contributed by atoms with Gasteiger partial charge in [-0.1, -0.05) is 12.1 Å². The summed E-state index contributed by atoms with van der Waals surface area (Å²) in [5.41, 5.74) is 1.14.